The minimum Gasteiger partial charge on any atom is -0.497 e. The average molecular weight is 490 g/mol. The number of rotatable bonds is 5. The molecule has 1 saturated heterocycles. The molecule has 1 amide bonds. The molecule has 0 saturated carbocycles. The second-order valence-corrected chi connectivity index (χ2v) is 10.1. The first-order valence-corrected chi connectivity index (χ1v) is 12.2. The summed E-state index contributed by atoms with van der Waals surface area (Å²) in [6.45, 7) is 4.60. The summed E-state index contributed by atoms with van der Waals surface area (Å²) in [4.78, 5) is 19.4. The average Bonchev–Trinajstić information content (AvgIpc) is 3.16. The fraction of sp³-hybridized carbons (Fsp3) is 0.318. The van der Waals surface area contributed by atoms with Crippen LogP contribution < -0.4 is 4.74 Å². The molecule has 1 fully saturated rings. The van der Waals surface area contributed by atoms with Crippen molar-refractivity contribution in [2.24, 2.45) is 0 Å². The van der Waals surface area contributed by atoms with Crippen molar-refractivity contribution in [1.29, 1.82) is 0 Å². The zero-order chi connectivity index (χ0) is 23.8. The quantitative estimate of drug-likeness (QED) is 0.546. The van der Waals surface area contributed by atoms with Gasteiger partial charge in [0.15, 0.2) is 5.82 Å². The van der Waals surface area contributed by atoms with E-state index in [4.69, 9.17) is 16.3 Å². The topological polar surface area (TPSA) is 97.6 Å². The van der Waals surface area contributed by atoms with Crippen LogP contribution in [-0.2, 0) is 10.0 Å². The van der Waals surface area contributed by atoms with Crippen molar-refractivity contribution in [2.45, 2.75) is 18.7 Å². The summed E-state index contributed by atoms with van der Waals surface area (Å²) >= 11 is 6.29. The Bertz CT molecular complexity index is 1280. The fourth-order valence-corrected chi connectivity index (χ4v) is 5.35. The summed E-state index contributed by atoms with van der Waals surface area (Å²) in [6.07, 6.45) is 0. The van der Waals surface area contributed by atoms with Gasteiger partial charge in [-0.15, -0.1) is 0 Å². The molecule has 1 aliphatic rings. The van der Waals surface area contributed by atoms with Gasteiger partial charge in [-0.3, -0.25) is 4.79 Å². The van der Waals surface area contributed by atoms with Gasteiger partial charge in [-0.2, -0.15) is 9.40 Å². The first-order chi connectivity index (χ1) is 15.7. The fourth-order valence-electron chi connectivity index (χ4n) is 3.74. The molecule has 2 aromatic heterocycles. The molecular weight excluding hydrogens is 466 g/mol. The smallest absolute Gasteiger partial charge is 0.274 e. The number of methoxy groups -OCH3 is 1. The van der Waals surface area contributed by atoms with E-state index in [1.165, 1.54) is 23.5 Å². The normalized spacial score (nSPS) is 15.0. The van der Waals surface area contributed by atoms with E-state index >= 15 is 0 Å². The number of nitrogens with zero attached hydrogens (tertiary/aromatic N) is 5. The Hall–Kier alpha value is -2.95. The van der Waals surface area contributed by atoms with Crippen LogP contribution in [0.25, 0.3) is 5.82 Å². The van der Waals surface area contributed by atoms with E-state index in [1.54, 1.807) is 33.8 Å². The van der Waals surface area contributed by atoms with Crippen LogP contribution in [0.1, 0.15) is 21.9 Å². The predicted molar refractivity (Wildman–Crippen MR) is 123 cm³/mol. The van der Waals surface area contributed by atoms with Crippen molar-refractivity contribution in [2.75, 3.05) is 33.3 Å². The molecule has 33 heavy (non-hydrogen) atoms. The van der Waals surface area contributed by atoms with Crippen molar-refractivity contribution in [3.05, 3.63) is 64.6 Å². The van der Waals surface area contributed by atoms with Gasteiger partial charge in [-0.1, -0.05) is 11.6 Å². The molecule has 0 atom stereocenters. The molecule has 3 aromatic rings. The Balaban J connectivity index is 1.49. The molecule has 0 aliphatic carbocycles. The van der Waals surface area contributed by atoms with Crippen LogP contribution in [0, 0.1) is 13.8 Å². The molecule has 9 nitrogen and oxygen atoms in total. The number of sulfonamides is 1. The first kappa shape index (κ1) is 23.2. The van der Waals surface area contributed by atoms with Gasteiger partial charge < -0.3 is 9.64 Å². The summed E-state index contributed by atoms with van der Waals surface area (Å²) in [5.74, 6) is 0.732. The summed E-state index contributed by atoms with van der Waals surface area (Å²) in [7, 11) is -2.15. The second kappa shape index (κ2) is 9.12. The number of ether oxygens (including phenoxy) is 1. The Morgan fingerprint density at radius 3 is 2.27 bits per heavy atom. The molecule has 0 bridgehead atoms. The van der Waals surface area contributed by atoms with Crippen LogP contribution in [0.3, 0.4) is 0 Å². The summed E-state index contributed by atoms with van der Waals surface area (Å²) < 4.78 is 34.0. The summed E-state index contributed by atoms with van der Waals surface area (Å²) in [6, 6.07) is 11.5. The highest BCUT2D eigenvalue weighted by molar-refractivity contribution is 7.89. The number of benzene rings is 1. The maximum absolute atomic E-state index is 13.2. The lowest BCUT2D eigenvalue weighted by atomic mass is 10.2. The highest BCUT2D eigenvalue weighted by Crippen LogP contribution is 2.23. The lowest BCUT2D eigenvalue weighted by Gasteiger charge is -2.34. The van der Waals surface area contributed by atoms with Crippen LogP contribution >= 0.6 is 11.6 Å². The zero-order valence-electron chi connectivity index (χ0n) is 18.5. The third kappa shape index (κ3) is 4.59. The molecule has 0 radical (unpaired) electrons. The Kier molecular flexibility index (Phi) is 6.42. The van der Waals surface area contributed by atoms with Gasteiger partial charge in [0.2, 0.25) is 10.0 Å². The molecule has 4 rings (SSSR count). The number of aryl methyl sites for hydroxylation is 2. The van der Waals surface area contributed by atoms with Crippen molar-refractivity contribution in [3.8, 4) is 11.6 Å². The van der Waals surface area contributed by atoms with Crippen LogP contribution in [0.4, 0.5) is 0 Å². The minimum absolute atomic E-state index is 0.119. The van der Waals surface area contributed by atoms with Gasteiger partial charge in [-0.05, 0) is 56.3 Å². The molecule has 174 valence electrons. The predicted octanol–water partition coefficient (Wildman–Crippen LogP) is 2.69. The van der Waals surface area contributed by atoms with Crippen molar-refractivity contribution in [1.82, 2.24) is 24.0 Å². The monoisotopic (exact) mass is 489 g/mol. The highest BCUT2D eigenvalue weighted by Gasteiger charge is 2.31. The number of hydrogen-bond acceptors (Lipinski definition) is 6. The van der Waals surface area contributed by atoms with E-state index in [9.17, 15) is 13.2 Å². The molecule has 0 unspecified atom stereocenters. The number of carbonyl (C=O) groups is 1. The Morgan fingerprint density at radius 2 is 1.70 bits per heavy atom. The number of aromatic nitrogens is 3. The van der Waals surface area contributed by atoms with Gasteiger partial charge in [-0.25, -0.2) is 18.1 Å². The number of pyridine rings is 1. The molecule has 0 N–H and O–H groups in total. The maximum atomic E-state index is 13.2. The van der Waals surface area contributed by atoms with Gasteiger partial charge in [0.25, 0.3) is 5.91 Å². The van der Waals surface area contributed by atoms with Crippen molar-refractivity contribution in [3.63, 3.8) is 0 Å². The SMILES string of the molecule is COc1ccc(S(=O)(=O)N2CCN(C(=O)c3nc(-n4nc(C)cc4C)ccc3Cl)CC2)cc1. The number of amides is 1. The van der Waals surface area contributed by atoms with E-state index in [2.05, 4.69) is 10.1 Å². The Labute approximate surface area is 197 Å². The third-order valence-corrected chi connectivity index (χ3v) is 7.70. The number of carbonyl (C=O) groups excluding carboxylic acids is 1. The minimum atomic E-state index is -3.67. The molecular formula is C22H24ClN5O4S. The van der Waals surface area contributed by atoms with E-state index in [0.29, 0.717) is 11.6 Å². The van der Waals surface area contributed by atoms with E-state index in [1.807, 2.05) is 19.9 Å². The number of hydrogen-bond donors (Lipinski definition) is 0. The standard InChI is InChI=1S/C22H24ClN5O4S/c1-15-14-16(2)28(25-15)20-9-8-19(23)21(24-20)22(29)26-10-12-27(13-11-26)33(30,31)18-6-4-17(32-3)5-7-18/h4-9,14H,10-13H2,1-3H3. The molecule has 1 aliphatic heterocycles. The van der Waals surface area contributed by atoms with E-state index < -0.39 is 10.0 Å². The van der Waals surface area contributed by atoms with Gasteiger partial charge in [0, 0.05) is 31.9 Å². The van der Waals surface area contributed by atoms with Crippen LogP contribution in [0.15, 0.2) is 47.4 Å². The number of halogens is 1. The van der Waals surface area contributed by atoms with Crippen LogP contribution in [-0.4, -0.2) is 71.6 Å². The zero-order valence-corrected chi connectivity index (χ0v) is 20.1. The molecule has 1 aromatic carbocycles. The van der Waals surface area contributed by atoms with Crippen molar-refractivity contribution >= 4 is 27.5 Å². The third-order valence-electron chi connectivity index (χ3n) is 5.48. The van der Waals surface area contributed by atoms with E-state index in [-0.39, 0.29) is 47.7 Å². The summed E-state index contributed by atoms with van der Waals surface area (Å²) in [5, 5.41) is 4.64. The lowest BCUT2D eigenvalue weighted by Crippen LogP contribution is -2.50. The van der Waals surface area contributed by atoms with Gasteiger partial charge >= 0.3 is 0 Å². The number of piperazine rings is 1. The maximum Gasteiger partial charge on any atom is 0.274 e. The molecule has 11 heteroatoms. The summed E-state index contributed by atoms with van der Waals surface area (Å²) in [5.41, 5.74) is 1.84. The second-order valence-electron chi connectivity index (χ2n) is 7.71. The van der Waals surface area contributed by atoms with E-state index in [0.717, 1.165) is 11.4 Å². The largest absolute Gasteiger partial charge is 0.497 e. The highest BCUT2D eigenvalue weighted by atomic mass is 35.5. The molecule has 3 heterocycles. The van der Waals surface area contributed by atoms with Crippen LogP contribution in [0.2, 0.25) is 5.02 Å². The van der Waals surface area contributed by atoms with Gasteiger partial charge in [0.05, 0.1) is 22.7 Å². The Morgan fingerprint density at radius 1 is 1.03 bits per heavy atom. The lowest BCUT2D eigenvalue weighted by molar-refractivity contribution is 0.0692. The van der Waals surface area contributed by atoms with Crippen LogP contribution in [0.5, 0.6) is 5.75 Å². The molecule has 0 spiro atoms. The first-order valence-electron chi connectivity index (χ1n) is 10.3. The van der Waals surface area contributed by atoms with Crippen molar-refractivity contribution < 1.29 is 17.9 Å². The van der Waals surface area contributed by atoms with Gasteiger partial charge in [0.1, 0.15) is 11.4 Å².